The number of pyridine rings is 1. The van der Waals surface area contributed by atoms with Crippen molar-refractivity contribution in [3.05, 3.63) is 30.1 Å². The number of aromatic nitrogens is 1. The Hall–Kier alpha value is -1.76. The first-order chi connectivity index (χ1) is 10.8. The molecule has 0 fully saturated rings. The first kappa shape index (κ1) is 19.3. The summed E-state index contributed by atoms with van der Waals surface area (Å²) in [4.78, 5) is 28.1. The van der Waals surface area contributed by atoms with Gasteiger partial charge in [-0.15, -0.1) is 0 Å². The average molecular weight is 339 g/mol. The van der Waals surface area contributed by atoms with E-state index in [1.807, 2.05) is 18.4 Å². The minimum Gasteiger partial charge on any atom is -0.444 e. The standard InChI is InChI=1S/C16H25N3O3S/c1-16(2,3)22-15(21)19-13(7-10-23-4)14(20)18-11-12-5-8-17-9-6-12/h5-6,8-9,13H,7,10-11H2,1-4H3,(H,18,20)(H,19,21)/t13-/m0/s1. The quantitative estimate of drug-likeness (QED) is 0.797. The number of hydrogen-bond donors (Lipinski definition) is 2. The molecule has 0 spiro atoms. The summed E-state index contributed by atoms with van der Waals surface area (Å²) in [6.07, 6.45) is 5.27. The Morgan fingerprint density at radius 1 is 1.30 bits per heavy atom. The second-order valence-corrected chi connectivity index (χ2v) is 7.04. The number of hydrogen-bond acceptors (Lipinski definition) is 5. The molecule has 0 bridgehead atoms. The van der Waals surface area contributed by atoms with Crippen LogP contribution in [0, 0.1) is 0 Å². The van der Waals surface area contributed by atoms with Crippen LogP contribution in [0.4, 0.5) is 4.79 Å². The van der Waals surface area contributed by atoms with Crippen molar-refractivity contribution in [3.63, 3.8) is 0 Å². The van der Waals surface area contributed by atoms with Gasteiger partial charge in [0.25, 0.3) is 0 Å². The molecule has 2 amide bonds. The van der Waals surface area contributed by atoms with Gasteiger partial charge in [0.1, 0.15) is 11.6 Å². The molecular formula is C16H25N3O3S. The SMILES string of the molecule is CSCC[C@H](NC(=O)OC(C)(C)C)C(=O)NCc1ccncc1. The number of carbonyl (C=O) groups is 2. The van der Waals surface area contributed by atoms with Gasteiger partial charge >= 0.3 is 6.09 Å². The van der Waals surface area contributed by atoms with Gasteiger partial charge in [-0.3, -0.25) is 9.78 Å². The fourth-order valence-corrected chi connectivity index (χ4v) is 2.24. The zero-order valence-corrected chi connectivity index (χ0v) is 14.9. The number of nitrogens with one attached hydrogen (secondary N) is 2. The topological polar surface area (TPSA) is 80.3 Å². The van der Waals surface area contributed by atoms with E-state index in [4.69, 9.17) is 4.74 Å². The van der Waals surface area contributed by atoms with E-state index in [1.165, 1.54) is 0 Å². The van der Waals surface area contributed by atoms with Crippen LogP contribution in [0.1, 0.15) is 32.8 Å². The Labute approximate surface area is 141 Å². The predicted octanol–water partition coefficient (Wildman–Crippen LogP) is 2.34. The van der Waals surface area contributed by atoms with E-state index in [0.29, 0.717) is 13.0 Å². The molecule has 1 aromatic heterocycles. The zero-order chi connectivity index (χ0) is 17.3. The highest BCUT2D eigenvalue weighted by atomic mass is 32.2. The molecule has 128 valence electrons. The van der Waals surface area contributed by atoms with Crippen LogP contribution in [0.25, 0.3) is 0 Å². The summed E-state index contributed by atoms with van der Waals surface area (Å²) in [6.45, 7) is 5.75. The molecule has 0 radical (unpaired) electrons. The van der Waals surface area contributed by atoms with Gasteiger partial charge < -0.3 is 15.4 Å². The molecule has 0 saturated carbocycles. The lowest BCUT2D eigenvalue weighted by Crippen LogP contribution is -2.48. The molecule has 1 rings (SSSR count). The van der Waals surface area contributed by atoms with Gasteiger partial charge in [0.05, 0.1) is 0 Å². The summed E-state index contributed by atoms with van der Waals surface area (Å²) in [7, 11) is 0. The third kappa shape index (κ3) is 8.44. The number of ether oxygens (including phenoxy) is 1. The summed E-state index contributed by atoms with van der Waals surface area (Å²) < 4.78 is 5.22. The van der Waals surface area contributed by atoms with Gasteiger partial charge in [-0.25, -0.2) is 4.79 Å². The molecule has 0 saturated heterocycles. The van der Waals surface area contributed by atoms with Crippen molar-refractivity contribution in [2.24, 2.45) is 0 Å². The minimum absolute atomic E-state index is 0.221. The third-order valence-corrected chi connectivity index (χ3v) is 3.48. The average Bonchev–Trinajstić information content (AvgIpc) is 2.48. The number of nitrogens with zero attached hydrogens (tertiary/aromatic N) is 1. The first-order valence-electron chi connectivity index (χ1n) is 7.47. The molecule has 1 atom stereocenters. The Morgan fingerprint density at radius 3 is 2.52 bits per heavy atom. The molecule has 2 N–H and O–H groups in total. The highest BCUT2D eigenvalue weighted by Gasteiger charge is 2.23. The fourth-order valence-electron chi connectivity index (χ4n) is 1.77. The molecule has 7 heteroatoms. The number of rotatable bonds is 7. The molecule has 1 aromatic rings. The molecule has 23 heavy (non-hydrogen) atoms. The maximum Gasteiger partial charge on any atom is 0.408 e. The molecule has 0 aliphatic heterocycles. The summed E-state index contributed by atoms with van der Waals surface area (Å²) in [5, 5.41) is 5.48. The molecule has 0 aliphatic rings. The zero-order valence-electron chi connectivity index (χ0n) is 14.1. The van der Waals surface area contributed by atoms with Gasteiger partial charge in [-0.05, 0) is 56.9 Å². The fraction of sp³-hybridized carbons (Fsp3) is 0.562. The second kappa shape index (κ2) is 9.39. The number of carbonyl (C=O) groups excluding carboxylic acids is 2. The lowest BCUT2D eigenvalue weighted by Gasteiger charge is -2.23. The summed E-state index contributed by atoms with van der Waals surface area (Å²) >= 11 is 1.62. The molecule has 6 nitrogen and oxygen atoms in total. The summed E-state index contributed by atoms with van der Waals surface area (Å²) in [5.74, 6) is 0.546. The minimum atomic E-state index is -0.612. The van der Waals surface area contributed by atoms with E-state index in [0.717, 1.165) is 11.3 Å². The molecule has 0 aliphatic carbocycles. The lowest BCUT2D eigenvalue weighted by molar-refractivity contribution is -0.123. The van der Waals surface area contributed by atoms with Gasteiger partial charge in [0.15, 0.2) is 0 Å². The van der Waals surface area contributed by atoms with Crippen LogP contribution < -0.4 is 10.6 Å². The maximum absolute atomic E-state index is 12.3. The number of thioether (sulfide) groups is 1. The molecule has 0 unspecified atom stereocenters. The van der Waals surface area contributed by atoms with Crippen molar-refractivity contribution < 1.29 is 14.3 Å². The van der Waals surface area contributed by atoms with E-state index in [2.05, 4.69) is 15.6 Å². The predicted molar refractivity (Wildman–Crippen MR) is 92.2 cm³/mol. The van der Waals surface area contributed by atoms with E-state index < -0.39 is 17.7 Å². The summed E-state index contributed by atoms with van der Waals surface area (Å²) in [6, 6.07) is 3.05. The Morgan fingerprint density at radius 2 is 1.96 bits per heavy atom. The van der Waals surface area contributed by atoms with E-state index in [9.17, 15) is 9.59 Å². The van der Waals surface area contributed by atoms with Crippen LogP contribution in [0.3, 0.4) is 0 Å². The normalized spacial score (nSPS) is 12.3. The third-order valence-electron chi connectivity index (χ3n) is 2.83. The maximum atomic E-state index is 12.3. The Balaban J connectivity index is 2.57. The van der Waals surface area contributed by atoms with Crippen LogP contribution in [0.2, 0.25) is 0 Å². The largest absolute Gasteiger partial charge is 0.444 e. The van der Waals surface area contributed by atoms with E-state index in [-0.39, 0.29) is 5.91 Å². The van der Waals surface area contributed by atoms with Gasteiger partial charge in [-0.2, -0.15) is 11.8 Å². The van der Waals surface area contributed by atoms with E-state index in [1.54, 1.807) is 44.9 Å². The van der Waals surface area contributed by atoms with Crippen molar-refractivity contribution >= 4 is 23.8 Å². The Bertz CT molecular complexity index is 503. The molecular weight excluding hydrogens is 314 g/mol. The van der Waals surface area contributed by atoms with Gasteiger partial charge in [-0.1, -0.05) is 0 Å². The Kier molecular flexibility index (Phi) is 7.88. The second-order valence-electron chi connectivity index (χ2n) is 6.05. The van der Waals surface area contributed by atoms with Crippen LogP contribution in [-0.2, 0) is 16.1 Å². The van der Waals surface area contributed by atoms with Crippen LogP contribution >= 0.6 is 11.8 Å². The van der Waals surface area contributed by atoms with Crippen molar-refractivity contribution in [1.82, 2.24) is 15.6 Å². The van der Waals surface area contributed by atoms with Crippen LogP contribution in [0.15, 0.2) is 24.5 Å². The highest BCUT2D eigenvalue weighted by Crippen LogP contribution is 2.08. The summed E-state index contributed by atoms with van der Waals surface area (Å²) in [5.41, 5.74) is 0.357. The highest BCUT2D eigenvalue weighted by molar-refractivity contribution is 7.98. The van der Waals surface area contributed by atoms with E-state index >= 15 is 0 Å². The monoisotopic (exact) mass is 339 g/mol. The van der Waals surface area contributed by atoms with Gasteiger partial charge in [0.2, 0.25) is 5.91 Å². The van der Waals surface area contributed by atoms with Crippen LogP contribution in [0.5, 0.6) is 0 Å². The van der Waals surface area contributed by atoms with Crippen molar-refractivity contribution in [2.75, 3.05) is 12.0 Å². The molecule has 0 aromatic carbocycles. The first-order valence-corrected chi connectivity index (χ1v) is 8.86. The van der Waals surface area contributed by atoms with Crippen molar-refractivity contribution in [2.45, 2.75) is 45.4 Å². The van der Waals surface area contributed by atoms with Crippen molar-refractivity contribution in [3.8, 4) is 0 Å². The van der Waals surface area contributed by atoms with Crippen molar-refractivity contribution in [1.29, 1.82) is 0 Å². The van der Waals surface area contributed by atoms with Gasteiger partial charge in [0, 0.05) is 18.9 Å². The molecule has 1 heterocycles. The lowest BCUT2D eigenvalue weighted by atomic mass is 10.2. The van der Waals surface area contributed by atoms with Crippen LogP contribution in [-0.4, -0.2) is 40.6 Å². The smallest absolute Gasteiger partial charge is 0.408 e. The number of alkyl carbamates (subject to hydrolysis) is 1. The number of amides is 2.